The molecule has 0 unspecified atom stereocenters. The first-order valence-electron chi connectivity index (χ1n) is 6.94. The quantitative estimate of drug-likeness (QED) is 0.567. The van der Waals surface area contributed by atoms with Gasteiger partial charge in [-0.05, 0) is 29.8 Å². The molecule has 1 aliphatic rings. The molecule has 1 aliphatic carbocycles. The first-order chi connectivity index (χ1) is 10.7. The number of pyridine rings is 1. The number of methoxy groups -OCH3 is 2. The highest BCUT2D eigenvalue weighted by atomic mass is 16.5. The minimum absolute atomic E-state index is 0.0131. The Kier molecular flexibility index (Phi) is 2.66. The molecule has 0 atom stereocenters. The zero-order chi connectivity index (χ0) is 15.3. The molecule has 0 radical (unpaired) electrons. The number of carbonyl (C=O) groups is 1. The largest absolute Gasteiger partial charge is 0.497 e. The fraction of sp³-hybridized carbons (Fsp3) is 0.111. The molecule has 0 amide bonds. The lowest BCUT2D eigenvalue weighted by Crippen LogP contribution is -1.99. The second-order valence-corrected chi connectivity index (χ2v) is 5.13. The summed E-state index contributed by atoms with van der Waals surface area (Å²) in [6.45, 7) is 0. The van der Waals surface area contributed by atoms with Crippen LogP contribution in [0.15, 0.2) is 42.5 Å². The number of fused-ring (bicyclic) bond motifs is 5. The zero-order valence-electron chi connectivity index (χ0n) is 12.2. The summed E-state index contributed by atoms with van der Waals surface area (Å²) in [6, 6.07) is 13.1. The Bertz CT molecular complexity index is 931. The van der Waals surface area contributed by atoms with E-state index in [-0.39, 0.29) is 5.78 Å². The van der Waals surface area contributed by atoms with Gasteiger partial charge in [0.25, 0.3) is 0 Å². The number of ether oxygens (including phenoxy) is 2. The lowest BCUT2D eigenvalue weighted by Gasteiger charge is -2.09. The Balaban J connectivity index is 2.12. The highest BCUT2D eigenvalue weighted by molar-refractivity contribution is 6.28. The number of para-hydroxylation sites is 1. The van der Waals surface area contributed by atoms with Gasteiger partial charge in [0.1, 0.15) is 5.75 Å². The molecule has 2 aromatic carbocycles. The highest BCUT2D eigenvalue weighted by Gasteiger charge is 2.32. The summed E-state index contributed by atoms with van der Waals surface area (Å²) >= 11 is 0. The number of nitrogens with zero attached hydrogens (tertiary/aromatic N) is 1. The van der Waals surface area contributed by atoms with Crippen molar-refractivity contribution >= 4 is 16.7 Å². The SMILES string of the molecule is COc1ccc2c(c1)C(=O)c1c-2c(OC)nc2ccccc12. The van der Waals surface area contributed by atoms with Crippen molar-refractivity contribution in [1.29, 1.82) is 0 Å². The van der Waals surface area contributed by atoms with Gasteiger partial charge in [-0.15, -0.1) is 0 Å². The van der Waals surface area contributed by atoms with Crippen molar-refractivity contribution in [2.45, 2.75) is 0 Å². The van der Waals surface area contributed by atoms with Crippen molar-refractivity contribution < 1.29 is 14.3 Å². The van der Waals surface area contributed by atoms with Gasteiger partial charge in [0.2, 0.25) is 5.88 Å². The first kappa shape index (κ1) is 12.8. The highest BCUT2D eigenvalue weighted by Crippen LogP contribution is 2.45. The fourth-order valence-corrected chi connectivity index (χ4v) is 3.01. The molecule has 0 spiro atoms. The Morgan fingerprint density at radius 2 is 1.73 bits per heavy atom. The summed E-state index contributed by atoms with van der Waals surface area (Å²) in [4.78, 5) is 17.4. The number of ketones is 1. The van der Waals surface area contributed by atoms with Gasteiger partial charge in [-0.3, -0.25) is 4.79 Å². The van der Waals surface area contributed by atoms with Crippen LogP contribution in [0.5, 0.6) is 11.6 Å². The number of hydrogen-bond acceptors (Lipinski definition) is 4. The van der Waals surface area contributed by atoms with Crippen molar-refractivity contribution in [2.24, 2.45) is 0 Å². The third kappa shape index (κ3) is 1.58. The van der Waals surface area contributed by atoms with Crippen LogP contribution in [-0.2, 0) is 0 Å². The van der Waals surface area contributed by atoms with Crippen molar-refractivity contribution in [3.63, 3.8) is 0 Å². The zero-order valence-corrected chi connectivity index (χ0v) is 12.2. The molecule has 4 rings (SSSR count). The van der Waals surface area contributed by atoms with Gasteiger partial charge in [0.15, 0.2) is 5.78 Å². The third-order valence-electron chi connectivity index (χ3n) is 4.02. The maximum absolute atomic E-state index is 12.9. The van der Waals surface area contributed by atoms with Gasteiger partial charge in [-0.2, -0.15) is 0 Å². The molecule has 0 bridgehead atoms. The summed E-state index contributed by atoms with van der Waals surface area (Å²) in [5.41, 5.74) is 3.66. The minimum Gasteiger partial charge on any atom is -0.497 e. The van der Waals surface area contributed by atoms with E-state index in [0.717, 1.165) is 22.0 Å². The molecule has 0 fully saturated rings. The summed E-state index contributed by atoms with van der Waals surface area (Å²) in [5, 5.41) is 0.846. The molecule has 4 heteroatoms. The Hall–Kier alpha value is -2.88. The molecule has 1 aromatic heterocycles. The van der Waals surface area contributed by atoms with Gasteiger partial charge in [-0.1, -0.05) is 18.2 Å². The molecule has 0 saturated carbocycles. The summed E-state index contributed by atoms with van der Waals surface area (Å²) in [5.74, 6) is 1.13. The third-order valence-corrected chi connectivity index (χ3v) is 4.02. The average molecular weight is 291 g/mol. The van der Waals surface area contributed by atoms with Crippen LogP contribution in [0.4, 0.5) is 0 Å². The summed E-state index contributed by atoms with van der Waals surface area (Å²) in [6.07, 6.45) is 0. The van der Waals surface area contributed by atoms with E-state index in [1.54, 1.807) is 20.3 Å². The Labute approximate surface area is 127 Å². The van der Waals surface area contributed by atoms with E-state index >= 15 is 0 Å². The smallest absolute Gasteiger partial charge is 0.222 e. The van der Waals surface area contributed by atoms with Crippen LogP contribution >= 0.6 is 0 Å². The molecule has 0 aliphatic heterocycles. The predicted octanol–water partition coefficient (Wildman–Crippen LogP) is 3.46. The monoisotopic (exact) mass is 291 g/mol. The lowest BCUT2D eigenvalue weighted by atomic mass is 10.0. The van der Waals surface area contributed by atoms with Crippen LogP contribution in [0.25, 0.3) is 22.0 Å². The van der Waals surface area contributed by atoms with E-state index in [1.165, 1.54) is 0 Å². The maximum atomic E-state index is 12.9. The van der Waals surface area contributed by atoms with E-state index in [1.807, 2.05) is 36.4 Å². The van der Waals surface area contributed by atoms with Crippen LogP contribution in [0.1, 0.15) is 15.9 Å². The molecular weight excluding hydrogens is 278 g/mol. The van der Waals surface area contributed by atoms with Crippen molar-refractivity contribution in [2.75, 3.05) is 14.2 Å². The average Bonchev–Trinajstić information content (AvgIpc) is 2.87. The molecule has 4 nitrogen and oxygen atoms in total. The number of aromatic nitrogens is 1. The number of benzene rings is 2. The van der Waals surface area contributed by atoms with Crippen LogP contribution in [0.2, 0.25) is 0 Å². The Morgan fingerprint density at radius 3 is 2.50 bits per heavy atom. The molecule has 1 heterocycles. The van der Waals surface area contributed by atoms with Crippen molar-refractivity contribution in [3.8, 4) is 22.8 Å². The van der Waals surface area contributed by atoms with Crippen molar-refractivity contribution in [1.82, 2.24) is 4.98 Å². The van der Waals surface area contributed by atoms with Crippen LogP contribution in [0.3, 0.4) is 0 Å². The predicted molar refractivity (Wildman–Crippen MR) is 83.7 cm³/mol. The molecule has 0 N–H and O–H groups in total. The van der Waals surface area contributed by atoms with Gasteiger partial charge in [-0.25, -0.2) is 4.98 Å². The van der Waals surface area contributed by atoms with Crippen LogP contribution < -0.4 is 9.47 Å². The standard InChI is InChI=1S/C18H13NO3/c1-21-10-7-8-11-13(9-10)17(20)15-12-5-3-4-6-14(12)19-18(22-2)16(11)15/h3-9H,1-2H3. The van der Waals surface area contributed by atoms with Crippen LogP contribution in [-0.4, -0.2) is 25.0 Å². The van der Waals surface area contributed by atoms with Gasteiger partial charge >= 0.3 is 0 Å². The number of hydrogen-bond donors (Lipinski definition) is 0. The van der Waals surface area contributed by atoms with E-state index in [9.17, 15) is 4.79 Å². The topological polar surface area (TPSA) is 48.4 Å². The van der Waals surface area contributed by atoms with E-state index in [4.69, 9.17) is 9.47 Å². The summed E-state index contributed by atoms with van der Waals surface area (Å²) < 4.78 is 10.7. The Morgan fingerprint density at radius 1 is 0.909 bits per heavy atom. The maximum Gasteiger partial charge on any atom is 0.222 e. The molecule has 0 saturated heterocycles. The van der Waals surface area contributed by atoms with Crippen LogP contribution in [0, 0.1) is 0 Å². The molecular formula is C18H13NO3. The minimum atomic E-state index is -0.0131. The fourth-order valence-electron chi connectivity index (χ4n) is 3.01. The molecule has 108 valence electrons. The van der Waals surface area contributed by atoms with Crippen molar-refractivity contribution in [3.05, 3.63) is 53.6 Å². The normalized spacial score (nSPS) is 12.2. The number of rotatable bonds is 2. The molecule has 3 aromatic rings. The van der Waals surface area contributed by atoms with Gasteiger partial charge < -0.3 is 9.47 Å². The number of carbonyl (C=O) groups excluding carboxylic acids is 1. The second-order valence-electron chi connectivity index (χ2n) is 5.13. The van der Waals surface area contributed by atoms with Gasteiger partial charge in [0.05, 0.1) is 25.3 Å². The van der Waals surface area contributed by atoms with Gasteiger partial charge in [0, 0.05) is 16.5 Å². The van der Waals surface area contributed by atoms with E-state index < -0.39 is 0 Å². The summed E-state index contributed by atoms with van der Waals surface area (Å²) in [7, 11) is 3.16. The van der Waals surface area contributed by atoms with E-state index in [2.05, 4.69) is 4.98 Å². The lowest BCUT2D eigenvalue weighted by molar-refractivity contribution is 0.104. The first-order valence-corrected chi connectivity index (χ1v) is 6.94. The van der Waals surface area contributed by atoms with E-state index in [0.29, 0.717) is 22.8 Å². The second kappa shape index (κ2) is 4.56. The molecule has 22 heavy (non-hydrogen) atoms.